The van der Waals surface area contributed by atoms with E-state index in [-0.39, 0.29) is 0 Å². The number of aromatic nitrogens is 1. The smallest absolute Gasteiger partial charge is 0.295 e. The number of hydrogen-bond donors (Lipinski definition) is 1. The van der Waals surface area contributed by atoms with Gasteiger partial charge in [-0.25, -0.2) is 0 Å². The maximum atomic E-state index is 6.17. The molecule has 4 rings (SSSR count). The fourth-order valence-corrected chi connectivity index (χ4v) is 4.49. The first kappa shape index (κ1) is 21.5. The molecule has 2 aromatic carbocycles. The lowest BCUT2D eigenvalue weighted by molar-refractivity contribution is 0.169. The van der Waals surface area contributed by atoms with E-state index in [0.717, 1.165) is 37.2 Å². The van der Waals surface area contributed by atoms with Crippen LogP contribution in [0.4, 0.5) is 6.01 Å². The minimum atomic E-state index is 0.296. The van der Waals surface area contributed by atoms with E-state index in [2.05, 4.69) is 35.1 Å². The van der Waals surface area contributed by atoms with Crippen LogP contribution in [0, 0.1) is 11.8 Å². The molecule has 1 N–H and O–H groups in total. The van der Waals surface area contributed by atoms with Gasteiger partial charge in [-0.05, 0) is 74.0 Å². The van der Waals surface area contributed by atoms with Gasteiger partial charge < -0.3 is 14.6 Å². The quantitative estimate of drug-likeness (QED) is 0.448. The van der Waals surface area contributed by atoms with Crippen molar-refractivity contribution in [3.8, 4) is 0 Å². The predicted molar refractivity (Wildman–Crippen MR) is 126 cm³/mol. The number of oxazole rings is 1. The van der Waals surface area contributed by atoms with Gasteiger partial charge in [0.25, 0.3) is 6.01 Å². The second kappa shape index (κ2) is 9.59. The molecule has 1 aliphatic heterocycles. The van der Waals surface area contributed by atoms with Gasteiger partial charge >= 0.3 is 0 Å². The molecule has 160 valence electrons. The van der Waals surface area contributed by atoms with Gasteiger partial charge in [-0.1, -0.05) is 55.2 Å². The lowest BCUT2D eigenvalue weighted by Gasteiger charge is -2.35. The minimum absolute atomic E-state index is 0.296. The van der Waals surface area contributed by atoms with Crippen molar-refractivity contribution in [1.82, 2.24) is 9.88 Å². The first-order valence-electron chi connectivity index (χ1n) is 10.8. The maximum Gasteiger partial charge on any atom is 0.295 e. The van der Waals surface area contributed by atoms with Crippen LogP contribution in [-0.4, -0.2) is 35.6 Å². The molecule has 4 nitrogen and oxygen atoms in total. The van der Waals surface area contributed by atoms with Crippen molar-refractivity contribution in [3.05, 3.63) is 58.1 Å². The first-order valence-corrected chi connectivity index (χ1v) is 11.5. The highest BCUT2D eigenvalue weighted by molar-refractivity contribution is 6.42. The van der Waals surface area contributed by atoms with E-state index in [9.17, 15) is 0 Å². The van der Waals surface area contributed by atoms with Crippen molar-refractivity contribution in [1.29, 1.82) is 0 Å². The molecule has 0 bridgehead atoms. The number of anilines is 1. The molecule has 0 amide bonds. The van der Waals surface area contributed by atoms with Gasteiger partial charge in [-0.15, -0.1) is 0 Å². The molecule has 0 aliphatic carbocycles. The number of nitrogens with one attached hydrogen (secondary N) is 1. The second-order valence-corrected chi connectivity index (χ2v) is 9.49. The molecule has 1 fully saturated rings. The van der Waals surface area contributed by atoms with Gasteiger partial charge in [-0.2, -0.15) is 4.98 Å². The molecule has 1 aromatic heterocycles. The molecule has 0 spiro atoms. The Labute approximate surface area is 188 Å². The summed E-state index contributed by atoms with van der Waals surface area (Å²) in [6, 6.07) is 14.8. The Kier molecular flexibility index (Phi) is 6.87. The van der Waals surface area contributed by atoms with Crippen LogP contribution >= 0.6 is 23.2 Å². The van der Waals surface area contributed by atoms with Crippen molar-refractivity contribution in [2.75, 3.05) is 25.0 Å². The number of hydrogen-bond acceptors (Lipinski definition) is 4. The third-order valence-corrected chi connectivity index (χ3v) is 6.82. The molecule has 2 heterocycles. The third-order valence-electron chi connectivity index (χ3n) is 6.08. The molecule has 1 saturated heterocycles. The number of halogens is 2. The standard InChI is InChI=1S/C24H29Cl2N3O/c1-16(2)22(28-24-27-21-5-3-4-6-23(21)30-24)15-29-11-9-17(10-12-29)13-18-7-8-19(25)20(26)14-18/h3-8,14,16-17,22H,9-13,15H2,1-2H3,(H,27,28)/t22-/m1/s1. The lowest BCUT2D eigenvalue weighted by Crippen LogP contribution is -2.43. The molecule has 0 saturated carbocycles. The largest absolute Gasteiger partial charge is 0.424 e. The summed E-state index contributed by atoms with van der Waals surface area (Å²) in [7, 11) is 0. The molecule has 6 heteroatoms. The van der Waals surface area contributed by atoms with Crippen LogP contribution in [0.5, 0.6) is 0 Å². The van der Waals surface area contributed by atoms with Gasteiger partial charge in [0.1, 0.15) is 5.52 Å². The zero-order valence-corrected chi connectivity index (χ0v) is 19.1. The van der Waals surface area contributed by atoms with E-state index in [1.165, 1.54) is 18.4 Å². The molecule has 30 heavy (non-hydrogen) atoms. The number of benzene rings is 2. The zero-order chi connectivity index (χ0) is 21.1. The van der Waals surface area contributed by atoms with Crippen LogP contribution in [0.25, 0.3) is 11.1 Å². The monoisotopic (exact) mass is 445 g/mol. The Morgan fingerprint density at radius 2 is 1.87 bits per heavy atom. The number of fused-ring (bicyclic) bond motifs is 1. The highest BCUT2D eigenvalue weighted by Gasteiger charge is 2.24. The van der Waals surface area contributed by atoms with E-state index in [0.29, 0.717) is 33.9 Å². The molecule has 1 aliphatic rings. The Balaban J connectivity index is 1.31. The van der Waals surface area contributed by atoms with E-state index in [4.69, 9.17) is 27.6 Å². The normalized spacial score (nSPS) is 17.0. The Hall–Kier alpha value is -1.75. The van der Waals surface area contributed by atoms with Gasteiger partial charge in [0.05, 0.1) is 10.0 Å². The minimum Gasteiger partial charge on any atom is -0.424 e. The van der Waals surface area contributed by atoms with Gasteiger partial charge in [-0.3, -0.25) is 0 Å². The lowest BCUT2D eigenvalue weighted by atomic mass is 9.89. The van der Waals surface area contributed by atoms with Crippen LogP contribution in [0.15, 0.2) is 46.9 Å². The summed E-state index contributed by atoms with van der Waals surface area (Å²) in [4.78, 5) is 7.14. The summed E-state index contributed by atoms with van der Waals surface area (Å²) in [6.07, 6.45) is 3.47. The zero-order valence-electron chi connectivity index (χ0n) is 17.6. The fourth-order valence-electron chi connectivity index (χ4n) is 4.17. The summed E-state index contributed by atoms with van der Waals surface area (Å²) in [6.45, 7) is 7.72. The first-order chi connectivity index (χ1) is 14.5. The number of piperidine rings is 1. The second-order valence-electron chi connectivity index (χ2n) is 8.68. The molecule has 1 atom stereocenters. The van der Waals surface area contributed by atoms with Crippen LogP contribution < -0.4 is 5.32 Å². The van der Waals surface area contributed by atoms with E-state index in [1.54, 1.807) is 0 Å². The number of likely N-dealkylation sites (tertiary alicyclic amines) is 1. The number of nitrogens with zero attached hydrogens (tertiary/aromatic N) is 2. The van der Waals surface area contributed by atoms with Crippen LogP contribution in [0.1, 0.15) is 32.3 Å². The average molecular weight is 446 g/mol. The van der Waals surface area contributed by atoms with E-state index in [1.807, 2.05) is 36.4 Å². The van der Waals surface area contributed by atoms with Crippen LogP contribution in [-0.2, 0) is 6.42 Å². The fraction of sp³-hybridized carbons (Fsp3) is 0.458. The highest BCUT2D eigenvalue weighted by Crippen LogP contribution is 2.27. The Morgan fingerprint density at radius 1 is 1.10 bits per heavy atom. The molecular formula is C24H29Cl2N3O. The van der Waals surface area contributed by atoms with Crippen molar-refractivity contribution < 1.29 is 4.42 Å². The molecule has 3 aromatic rings. The molecule has 0 unspecified atom stereocenters. The third kappa shape index (κ3) is 5.29. The Bertz CT molecular complexity index is 946. The van der Waals surface area contributed by atoms with Gasteiger partial charge in [0.2, 0.25) is 0 Å². The topological polar surface area (TPSA) is 41.3 Å². The van der Waals surface area contributed by atoms with Gasteiger partial charge in [0.15, 0.2) is 5.58 Å². The van der Waals surface area contributed by atoms with Crippen molar-refractivity contribution >= 4 is 40.3 Å². The number of rotatable bonds is 7. The predicted octanol–water partition coefficient (Wildman–Crippen LogP) is 6.53. The van der Waals surface area contributed by atoms with E-state index < -0.39 is 0 Å². The highest BCUT2D eigenvalue weighted by atomic mass is 35.5. The summed E-state index contributed by atoms with van der Waals surface area (Å²) in [5, 5.41) is 4.81. The summed E-state index contributed by atoms with van der Waals surface area (Å²) >= 11 is 12.2. The summed E-state index contributed by atoms with van der Waals surface area (Å²) < 4.78 is 5.88. The summed E-state index contributed by atoms with van der Waals surface area (Å²) in [5.74, 6) is 1.18. The van der Waals surface area contributed by atoms with Crippen molar-refractivity contribution in [2.45, 2.75) is 39.2 Å². The molecule has 0 radical (unpaired) electrons. The SMILES string of the molecule is CC(C)[C@@H](CN1CCC(Cc2ccc(Cl)c(Cl)c2)CC1)Nc1nc2ccccc2o1. The van der Waals surface area contributed by atoms with Crippen molar-refractivity contribution in [2.24, 2.45) is 11.8 Å². The van der Waals surface area contributed by atoms with Crippen molar-refractivity contribution in [3.63, 3.8) is 0 Å². The van der Waals surface area contributed by atoms with Gasteiger partial charge in [0, 0.05) is 12.6 Å². The van der Waals surface area contributed by atoms with Crippen LogP contribution in [0.3, 0.4) is 0 Å². The maximum absolute atomic E-state index is 6.17. The van der Waals surface area contributed by atoms with Crippen LogP contribution in [0.2, 0.25) is 10.0 Å². The molecular weight excluding hydrogens is 417 g/mol. The average Bonchev–Trinajstić information content (AvgIpc) is 3.14. The number of para-hydroxylation sites is 2. The summed E-state index contributed by atoms with van der Waals surface area (Å²) in [5.41, 5.74) is 3.00. The van der Waals surface area contributed by atoms with E-state index >= 15 is 0 Å². The Morgan fingerprint density at radius 3 is 2.57 bits per heavy atom.